The molecule has 0 amide bonds. The maximum atomic E-state index is 14.0. The van der Waals surface area contributed by atoms with Crippen molar-refractivity contribution >= 4 is 11.4 Å². The minimum absolute atomic E-state index is 0.169. The molecule has 0 bridgehead atoms. The summed E-state index contributed by atoms with van der Waals surface area (Å²) in [5, 5.41) is 3.19. The fraction of sp³-hybridized carbons (Fsp3) is 0.538. The molecule has 1 saturated heterocycles. The molecule has 94 valence electrons. The first-order chi connectivity index (χ1) is 8.16. The number of hydrogen-bond donors (Lipinski definition) is 1. The average Bonchev–Trinajstić information content (AvgIpc) is 2.29. The van der Waals surface area contributed by atoms with E-state index >= 15 is 0 Å². The molecular formula is C13H19FN2O. The van der Waals surface area contributed by atoms with Gasteiger partial charge in [-0.2, -0.15) is 0 Å². The Balaban J connectivity index is 2.13. The molecule has 4 heteroatoms. The van der Waals surface area contributed by atoms with Crippen molar-refractivity contribution in [1.29, 1.82) is 0 Å². The van der Waals surface area contributed by atoms with Crippen LogP contribution in [0, 0.1) is 5.82 Å². The van der Waals surface area contributed by atoms with Crippen molar-refractivity contribution in [3.05, 3.63) is 24.0 Å². The van der Waals surface area contributed by atoms with Crippen LogP contribution in [0.25, 0.3) is 0 Å². The van der Waals surface area contributed by atoms with Crippen LogP contribution < -0.4 is 10.2 Å². The van der Waals surface area contributed by atoms with Gasteiger partial charge in [-0.1, -0.05) is 0 Å². The molecule has 1 aliphatic heterocycles. The molecule has 0 aliphatic carbocycles. The Morgan fingerprint density at radius 3 is 2.59 bits per heavy atom. The van der Waals surface area contributed by atoms with Crippen LogP contribution in [-0.4, -0.2) is 32.3 Å². The Hall–Kier alpha value is -1.29. The zero-order valence-electron chi connectivity index (χ0n) is 10.4. The van der Waals surface area contributed by atoms with Crippen molar-refractivity contribution < 1.29 is 9.13 Å². The summed E-state index contributed by atoms with van der Waals surface area (Å²) < 4.78 is 19.2. The molecule has 3 nitrogen and oxygen atoms in total. The van der Waals surface area contributed by atoms with Gasteiger partial charge in [0, 0.05) is 24.8 Å². The number of halogens is 1. The first-order valence-electron chi connectivity index (χ1n) is 6.05. The number of nitrogens with zero attached hydrogens (tertiary/aromatic N) is 1. The van der Waals surface area contributed by atoms with Crippen molar-refractivity contribution in [1.82, 2.24) is 0 Å². The van der Waals surface area contributed by atoms with Gasteiger partial charge in [-0.15, -0.1) is 0 Å². The van der Waals surface area contributed by atoms with Crippen LogP contribution in [0.3, 0.4) is 0 Å². The van der Waals surface area contributed by atoms with Crippen molar-refractivity contribution in [2.75, 3.05) is 36.5 Å². The van der Waals surface area contributed by atoms with Gasteiger partial charge in [0.15, 0.2) is 0 Å². The summed E-state index contributed by atoms with van der Waals surface area (Å²) >= 11 is 0. The number of benzene rings is 1. The van der Waals surface area contributed by atoms with Gasteiger partial charge in [-0.25, -0.2) is 4.39 Å². The number of morpholine rings is 1. The summed E-state index contributed by atoms with van der Waals surface area (Å²) in [6, 6.07) is 5.63. The predicted molar refractivity (Wildman–Crippen MR) is 68.2 cm³/mol. The Morgan fingerprint density at radius 1 is 1.29 bits per heavy atom. The molecule has 1 heterocycles. The van der Waals surface area contributed by atoms with E-state index in [-0.39, 0.29) is 5.82 Å². The van der Waals surface area contributed by atoms with Crippen LogP contribution >= 0.6 is 0 Å². The lowest BCUT2D eigenvalue weighted by atomic mass is 10.2. The largest absolute Gasteiger partial charge is 0.383 e. The topological polar surface area (TPSA) is 24.5 Å². The molecule has 1 aromatic carbocycles. The second-order valence-corrected chi connectivity index (χ2v) is 4.56. The van der Waals surface area contributed by atoms with E-state index in [0.717, 1.165) is 18.8 Å². The second-order valence-electron chi connectivity index (χ2n) is 4.56. The van der Waals surface area contributed by atoms with E-state index in [1.165, 1.54) is 0 Å². The highest BCUT2D eigenvalue weighted by Crippen LogP contribution is 2.23. The quantitative estimate of drug-likeness (QED) is 0.875. The number of nitrogens with one attached hydrogen (secondary N) is 1. The van der Waals surface area contributed by atoms with Crippen LogP contribution in [0.5, 0.6) is 0 Å². The fourth-order valence-corrected chi connectivity index (χ4v) is 1.99. The fourth-order valence-electron chi connectivity index (χ4n) is 1.99. The van der Waals surface area contributed by atoms with E-state index in [4.69, 9.17) is 4.74 Å². The van der Waals surface area contributed by atoms with Crippen LogP contribution in [0.2, 0.25) is 0 Å². The minimum atomic E-state index is -0.169. The lowest BCUT2D eigenvalue weighted by Crippen LogP contribution is -2.36. The Labute approximate surface area is 102 Å². The lowest BCUT2D eigenvalue weighted by molar-refractivity contribution is 0.122. The number of anilines is 2. The van der Waals surface area contributed by atoms with Crippen LogP contribution in [0.4, 0.5) is 15.8 Å². The Bertz CT molecular complexity index is 376. The number of ether oxygens (including phenoxy) is 1. The van der Waals surface area contributed by atoms with Gasteiger partial charge in [-0.05, 0) is 32.0 Å². The van der Waals surface area contributed by atoms with E-state index in [1.54, 1.807) is 6.07 Å². The molecule has 0 aromatic heterocycles. The molecule has 1 fully saturated rings. The maximum absolute atomic E-state index is 14.0. The van der Waals surface area contributed by atoms with E-state index in [1.807, 2.05) is 30.9 Å². The highest BCUT2D eigenvalue weighted by atomic mass is 19.1. The minimum Gasteiger partial charge on any atom is -0.383 e. The summed E-state index contributed by atoms with van der Waals surface area (Å²) in [5.74, 6) is -0.169. The highest BCUT2D eigenvalue weighted by Gasteiger charge is 2.15. The van der Waals surface area contributed by atoms with E-state index < -0.39 is 0 Å². The summed E-state index contributed by atoms with van der Waals surface area (Å²) in [6.07, 6.45) is 0. The molecule has 0 atom stereocenters. The second kappa shape index (κ2) is 5.36. The summed E-state index contributed by atoms with van der Waals surface area (Å²) in [7, 11) is 0. The first kappa shape index (κ1) is 12.2. The van der Waals surface area contributed by atoms with Gasteiger partial charge in [0.25, 0.3) is 0 Å². The van der Waals surface area contributed by atoms with Crippen molar-refractivity contribution in [2.24, 2.45) is 0 Å². The van der Waals surface area contributed by atoms with Crippen LogP contribution in [-0.2, 0) is 4.74 Å². The van der Waals surface area contributed by atoms with Gasteiger partial charge >= 0.3 is 0 Å². The standard InChI is InChI=1S/C13H19FN2O/c1-10(2)15-11-3-4-13(12(14)9-11)16-5-7-17-8-6-16/h3-4,9-10,15H,5-8H2,1-2H3. The molecule has 0 spiro atoms. The number of rotatable bonds is 3. The van der Waals surface area contributed by atoms with Crippen LogP contribution in [0.1, 0.15) is 13.8 Å². The molecule has 17 heavy (non-hydrogen) atoms. The first-order valence-corrected chi connectivity index (χ1v) is 6.05. The van der Waals surface area contributed by atoms with Gasteiger partial charge in [0.1, 0.15) is 5.82 Å². The third kappa shape index (κ3) is 3.09. The highest BCUT2D eigenvalue weighted by molar-refractivity contribution is 5.56. The van der Waals surface area contributed by atoms with Crippen molar-refractivity contribution in [2.45, 2.75) is 19.9 Å². The van der Waals surface area contributed by atoms with E-state index in [2.05, 4.69) is 5.32 Å². The maximum Gasteiger partial charge on any atom is 0.148 e. The summed E-state index contributed by atoms with van der Waals surface area (Å²) in [4.78, 5) is 2.03. The zero-order chi connectivity index (χ0) is 12.3. The summed E-state index contributed by atoms with van der Waals surface area (Å²) in [6.45, 7) is 6.93. The monoisotopic (exact) mass is 238 g/mol. The van der Waals surface area contributed by atoms with E-state index in [0.29, 0.717) is 24.9 Å². The van der Waals surface area contributed by atoms with Gasteiger partial charge < -0.3 is 15.0 Å². The van der Waals surface area contributed by atoms with Gasteiger partial charge in [0.2, 0.25) is 0 Å². The SMILES string of the molecule is CC(C)Nc1ccc(N2CCOCC2)c(F)c1. The molecule has 1 N–H and O–H groups in total. The number of hydrogen-bond acceptors (Lipinski definition) is 3. The molecule has 0 saturated carbocycles. The Morgan fingerprint density at radius 2 is 2.00 bits per heavy atom. The van der Waals surface area contributed by atoms with Crippen molar-refractivity contribution in [3.63, 3.8) is 0 Å². The molecular weight excluding hydrogens is 219 g/mol. The molecule has 1 aromatic rings. The predicted octanol–water partition coefficient (Wildman–Crippen LogP) is 2.48. The lowest BCUT2D eigenvalue weighted by Gasteiger charge is -2.29. The van der Waals surface area contributed by atoms with Crippen molar-refractivity contribution in [3.8, 4) is 0 Å². The molecule has 1 aliphatic rings. The van der Waals surface area contributed by atoms with Crippen LogP contribution in [0.15, 0.2) is 18.2 Å². The Kier molecular flexibility index (Phi) is 3.84. The third-order valence-corrected chi connectivity index (χ3v) is 2.75. The van der Waals surface area contributed by atoms with Gasteiger partial charge in [0.05, 0.1) is 18.9 Å². The normalized spacial score (nSPS) is 16.4. The van der Waals surface area contributed by atoms with Gasteiger partial charge in [-0.3, -0.25) is 0 Å². The molecule has 0 radical (unpaired) electrons. The van der Waals surface area contributed by atoms with E-state index in [9.17, 15) is 4.39 Å². The molecule has 2 rings (SSSR count). The smallest absolute Gasteiger partial charge is 0.148 e. The average molecular weight is 238 g/mol. The zero-order valence-corrected chi connectivity index (χ0v) is 10.4. The third-order valence-electron chi connectivity index (χ3n) is 2.75. The summed E-state index contributed by atoms with van der Waals surface area (Å²) in [5.41, 5.74) is 1.50. The molecule has 0 unspecified atom stereocenters.